The summed E-state index contributed by atoms with van der Waals surface area (Å²) in [6.07, 6.45) is 3.24. The summed E-state index contributed by atoms with van der Waals surface area (Å²) in [7, 11) is 0. The van der Waals surface area contributed by atoms with Crippen molar-refractivity contribution < 1.29 is 9.13 Å². The zero-order chi connectivity index (χ0) is 13.4. The molecule has 2 nitrogen and oxygen atoms in total. The summed E-state index contributed by atoms with van der Waals surface area (Å²) in [6.45, 7) is 7.72. The van der Waals surface area contributed by atoms with Crippen LogP contribution < -0.4 is 10.1 Å². The van der Waals surface area contributed by atoms with Crippen LogP contribution >= 0.6 is 0 Å². The zero-order valence-corrected chi connectivity index (χ0v) is 11.6. The van der Waals surface area contributed by atoms with E-state index in [0.29, 0.717) is 18.4 Å². The molecule has 0 aromatic heterocycles. The highest BCUT2D eigenvalue weighted by Crippen LogP contribution is 2.18. The molecule has 0 amide bonds. The molecule has 0 radical (unpaired) electrons. The first kappa shape index (κ1) is 15.0. The molecule has 0 spiro atoms. The van der Waals surface area contributed by atoms with Crippen molar-refractivity contribution in [1.82, 2.24) is 5.32 Å². The van der Waals surface area contributed by atoms with Gasteiger partial charge in [0.2, 0.25) is 0 Å². The first-order valence-corrected chi connectivity index (χ1v) is 6.79. The lowest BCUT2D eigenvalue weighted by Gasteiger charge is -2.18. The SMILES string of the molecule is CCCNC(CCC)COc1cc(C)ccc1F. The molecule has 18 heavy (non-hydrogen) atoms. The number of benzene rings is 1. The Bertz CT molecular complexity index is 354. The molecular weight excluding hydrogens is 229 g/mol. The maximum atomic E-state index is 13.5. The number of aryl methyl sites for hydroxylation is 1. The normalized spacial score (nSPS) is 12.4. The van der Waals surface area contributed by atoms with Gasteiger partial charge in [-0.2, -0.15) is 0 Å². The minimum atomic E-state index is -0.286. The molecule has 0 saturated heterocycles. The third-order valence-corrected chi connectivity index (χ3v) is 2.85. The second kappa shape index (κ2) is 8.09. The molecular formula is C15H24FNO. The van der Waals surface area contributed by atoms with Crippen molar-refractivity contribution in [3.05, 3.63) is 29.6 Å². The van der Waals surface area contributed by atoms with E-state index in [0.717, 1.165) is 31.4 Å². The molecule has 1 atom stereocenters. The molecule has 0 bridgehead atoms. The number of hydrogen-bond acceptors (Lipinski definition) is 2. The molecule has 3 heteroatoms. The van der Waals surface area contributed by atoms with Crippen molar-refractivity contribution in [1.29, 1.82) is 0 Å². The first-order valence-electron chi connectivity index (χ1n) is 6.79. The van der Waals surface area contributed by atoms with E-state index in [9.17, 15) is 4.39 Å². The Morgan fingerprint density at radius 3 is 2.72 bits per heavy atom. The average molecular weight is 253 g/mol. The highest BCUT2D eigenvalue weighted by Gasteiger charge is 2.09. The fourth-order valence-corrected chi connectivity index (χ4v) is 1.85. The van der Waals surface area contributed by atoms with E-state index in [1.54, 1.807) is 12.1 Å². The second-order valence-corrected chi connectivity index (χ2v) is 4.68. The highest BCUT2D eigenvalue weighted by molar-refractivity contribution is 5.29. The molecule has 1 rings (SSSR count). The molecule has 0 saturated carbocycles. The van der Waals surface area contributed by atoms with Gasteiger partial charge in [0.05, 0.1) is 0 Å². The van der Waals surface area contributed by atoms with E-state index in [-0.39, 0.29) is 5.82 Å². The van der Waals surface area contributed by atoms with Gasteiger partial charge in [-0.25, -0.2) is 4.39 Å². The van der Waals surface area contributed by atoms with Crippen LogP contribution in [0.3, 0.4) is 0 Å². The van der Waals surface area contributed by atoms with Gasteiger partial charge in [-0.15, -0.1) is 0 Å². The van der Waals surface area contributed by atoms with Crippen LogP contribution in [0.15, 0.2) is 18.2 Å². The molecule has 0 aliphatic heterocycles. The van der Waals surface area contributed by atoms with Crippen molar-refractivity contribution in [3.63, 3.8) is 0 Å². The Balaban J connectivity index is 2.52. The number of hydrogen-bond donors (Lipinski definition) is 1. The minimum Gasteiger partial charge on any atom is -0.489 e. The lowest BCUT2D eigenvalue weighted by atomic mass is 10.1. The summed E-state index contributed by atoms with van der Waals surface area (Å²) in [5.74, 6) is 0.0701. The molecule has 1 aromatic carbocycles. The summed E-state index contributed by atoms with van der Waals surface area (Å²) in [5.41, 5.74) is 1.01. The Labute approximate surface area is 110 Å². The van der Waals surface area contributed by atoms with E-state index in [1.165, 1.54) is 6.07 Å². The quantitative estimate of drug-likeness (QED) is 0.763. The van der Waals surface area contributed by atoms with Gasteiger partial charge < -0.3 is 10.1 Å². The maximum Gasteiger partial charge on any atom is 0.165 e. The molecule has 0 aliphatic carbocycles. The smallest absolute Gasteiger partial charge is 0.165 e. The van der Waals surface area contributed by atoms with Crippen LogP contribution in [0.4, 0.5) is 4.39 Å². The molecule has 1 aromatic rings. The zero-order valence-electron chi connectivity index (χ0n) is 11.6. The van der Waals surface area contributed by atoms with Crippen LogP contribution in [-0.4, -0.2) is 19.2 Å². The third-order valence-electron chi connectivity index (χ3n) is 2.85. The Morgan fingerprint density at radius 2 is 2.06 bits per heavy atom. The van der Waals surface area contributed by atoms with Crippen molar-refractivity contribution >= 4 is 0 Å². The number of ether oxygens (including phenoxy) is 1. The van der Waals surface area contributed by atoms with Crippen molar-refractivity contribution in [2.45, 2.75) is 46.1 Å². The van der Waals surface area contributed by atoms with Gasteiger partial charge in [0.15, 0.2) is 11.6 Å². The molecule has 1 N–H and O–H groups in total. The van der Waals surface area contributed by atoms with Crippen LogP contribution in [0.2, 0.25) is 0 Å². The molecule has 0 aliphatic rings. The van der Waals surface area contributed by atoms with E-state index >= 15 is 0 Å². The van der Waals surface area contributed by atoms with Crippen LogP contribution in [0.1, 0.15) is 38.7 Å². The number of nitrogens with one attached hydrogen (secondary N) is 1. The van der Waals surface area contributed by atoms with Crippen molar-refractivity contribution in [2.24, 2.45) is 0 Å². The Morgan fingerprint density at radius 1 is 1.28 bits per heavy atom. The summed E-state index contributed by atoms with van der Waals surface area (Å²) in [4.78, 5) is 0. The van der Waals surface area contributed by atoms with Gasteiger partial charge in [-0.05, 0) is 44.0 Å². The second-order valence-electron chi connectivity index (χ2n) is 4.68. The molecule has 102 valence electrons. The fourth-order valence-electron chi connectivity index (χ4n) is 1.85. The molecule has 0 heterocycles. The van der Waals surface area contributed by atoms with E-state index in [4.69, 9.17) is 4.74 Å². The van der Waals surface area contributed by atoms with Gasteiger partial charge in [-0.1, -0.05) is 26.3 Å². The Hall–Kier alpha value is -1.09. The summed E-state index contributed by atoms with van der Waals surface area (Å²) < 4.78 is 19.1. The third kappa shape index (κ3) is 5.05. The maximum absolute atomic E-state index is 13.5. The van der Waals surface area contributed by atoms with E-state index in [2.05, 4.69) is 19.2 Å². The molecule has 1 unspecified atom stereocenters. The standard InChI is InChI=1S/C15H24FNO/c1-4-6-13(17-9-5-2)11-18-15-10-12(3)7-8-14(15)16/h7-8,10,13,17H,4-6,9,11H2,1-3H3. The van der Waals surface area contributed by atoms with Crippen LogP contribution in [0.5, 0.6) is 5.75 Å². The fraction of sp³-hybridized carbons (Fsp3) is 0.600. The summed E-state index contributed by atoms with van der Waals surface area (Å²) >= 11 is 0. The number of halogens is 1. The van der Waals surface area contributed by atoms with Gasteiger partial charge in [0.25, 0.3) is 0 Å². The summed E-state index contributed by atoms with van der Waals surface area (Å²) in [6, 6.07) is 5.26. The van der Waals surface area contributed by atoms with Gasteiger partial charge in [-0.3, -0.25) is 0 Å². The van der Waals surface area contributed by atoms with Crippen LogP contribution in [-0.2, 0) is 0 Å². The molecule has 0 fully saturated rings. The topological polar surface area (TPSA) is 21.3 Å². The van der Waals surface area contributed by atoms with Crippen LogP contribution in [0.25, 0.3) is 0 Å². The van der Waals surface area contributed by atoms with Gasteiger partial charge in [0, 0.05) is 6.04 Å². The minimum absolute atomic E-state index is 0.286. The monoisotopic (exact) mass is 253 g/mol. The van der Waals surface area contributed by atoms with Gasteiger partial charge >= 0.3 is 0 Å². The lowest BCUT2D eigenvalue weighted by molar-refractivity contribution is 0.246. The van der Waals surface area contributed by atoms with E-state index in [1.807, 2.05) is 6.92 Å². The number of rotatable bonds is 8. The summed E-state index contributed by atoms with van der Waals surface area (Å²) in [5, 5.41) is 3.43. The Kier molecular flexibility index (Phi) is 6.73. The largest absolute Gasteiger partial charge is 0.489 e. The van der Waals surface area contributed by atoms with Crippen molar-refractivity contribution in [2.75, 3.05) is 13.2 Å². The average Bonchev–Trinajstić information content (AvgIpc) is 2.36. The van der Waals surface area contributed by atoms with Crippen LogP contribution in [0, 0.1) is 12.7 Å². The first-order chi connectivity index (χ1) is 8.67. The van der Waals surface area contributed by atoms with Gasteiger partial charge in [0.1, 0.15) is 6.61 Å². The predicted molar refractivity (Wildman–Crippen MR) is 73.6 cm³/mol. The lowest BCUT2D eigenvalue weighted by Crippen LogP contribution is -2.35. The van der Waals surface area contributed by atoms with E-state index < -0.39 is 0 Å². The predicted octanol–water partition coefficient (Wildman–Crippen LogP) is 3.68. The van der Waals surface area contributed by atoms with Crippen molar-refractivity contribution in [3.8, 4) is 5.75 Å². The highest BCUT2D eigenvalue weighted by atomic mass is 19.1.